The Morgan fingerprint density at radius 2 is 2.09 bits per heavy atom. The van der Waals surface area contributed by atoms with Crippen molar-refractivity contribution in [3.05, 3.63) is 29.6 Å². The molecule has 0 amide bonds. The highest BCUT2D eigenvalue weighted by Crippen LogP contribution is 2.25. The number of aliphatic carboxylic acids is 1. The molecule has 7 nitrogen and oxygen atoms in total. The maximum Gasteiger partial charge on any atom is 0.340 e. The van der Waals surface area contributed by atoms with Gasteiger partial charge in [-0.15, -0.1) is 0 Å². The molecule has 1 aliphatic rings. The van der Waals surface area contributed by atoms with Gasteiger partial charge in [0.25, 0.3) is 0 Å². The molecule has 1 aromatic carbocycles. The summed E-state index contributed by atoms with van der Waals surface area (Å²) in [7, 11) is -2.91. The molecular formula is C13H14FNO6S. The molecule has 1 N–H and O–H groups in total. The standard InChI is InChI=1S/C13H14FNO6S/c1-21-13(18)10-3-2-9(6-11(10)14)22(19,20)15-5-4-8(7-15)12(16)17/h2-3,6,8H,4-5,7H2,1H3,(H,16,17). The molecule has 0 aromatic heterocycles. The number of ether oxygens (including phenoxy) is 1. The predicted octanol–water partition coefficient (Wildman–Crippen LogP) is 0.708. The smallest absolute Gasteiger partial charge is 0.340 e. The van der Waals surface area contributed by atoms with Crippen LogP contribution in [0.3, 0.4) is 0 Å². The van der Waals surface area contributed by atoms with Crippen LogP contribution in [-0.4, -0.2) is 50.0 Å². The first-order valence-electron chi connectivity index (χ1n) is 6.38. The minimum atomic E-state index is -4.00. The van der Waals surface area contributed by atoms with E-state index in [1.165, 1.54) is 0 Å². The molecule has 0 bridgehead atoms. The van der Waals surface area contributed by atoms with Gasteiger partial charge in [-0.05, 0) is 24.6 Å². The molecule has 1 heterocycles. The lowest BCUT2D eigenvalue weighted by atomic mass is 10.1. The fourth-order valence-corrected chi connectivity index (χ4v) is 3.74. The number of hydrogen-bond donors (Lipinski definition) is 1. The average molecular weight is 331 g/mol. The largest absolute Gasteiger partial charge is 0.481 e. The van der Waals surface area contributed by atoms with E-state index in [0.29, 0.717) is 0 Å². The van der Waals surface area contributed by atoms with Gasteiger partial charge in [0.05, 0.1) is 23.5 Å². The molecular weight excluding hydrogens is 317 g/mol. The van der Waals surface area contributed by atoms with Gasteiger partial charge in [-0.25, -0.2) is 17.6 Å². The van der Waals surface area contributed by atoms with E-state index in [4.69, 9.17) is 5.11 Å². The van der Waals surface area contributed by atoms with Crippen LogP contribution in [0.4, 0.5) is 4.39 Å². The number of carboxylic acids is 1. The van der Waals surface area contributed by atoms with Crippen LogP contribution >= 0.6 is 0 Å². The van der Waals surface area contributed by atoms with Gasteiger partial charge in [-0.1, -0.05) is 0 Å². The van der Waals surface area contributed by atoms with E-state index in [0.717, 1.165) is 29.6 Å². The van der Waals surface area contributed by atoms with Gasteiger partial charge in [0.1, 0.15) is 5.82 Å². The van der Waals surface area contributed by atoms with E-state index in [-0.39, 0.29) is 30.0 Å². The van der Waals surface area contributed by atoms with Crippen molar-refractivity contribution in [1.82, 2.24) is 4.31 Å². The number of carboxylic acid groups (broad SMARTS) is 1. The second-order valence-corrected chi connectivity index (χ2v) is 6.76. The van der Waals surface area contributed by atoms with E-state index < -0.39 is 33.7 Å². The van der Waals surface area contributed by atoms with Crippen molar-refractivity contribution in [3.63, 3.8) is 0 Å². The Balaban J connectivity index is 2.29. The van der Waals surface area contributed by atoms with E-state index in [1.54, 1.807) is 0 Å². The number of nitrogens with zero attached hydrogens (tertiary/aromatic N) is 1. The summed E-state index contributed by atoms with van der Waals surface area (Å²) in [5.41, 5.74) is -0.369. The third-order valence-corrected chi connectivity index (χ3v) is 5.34. The molecule has 0 aliphatic carbocycles. The normalized spacial score (nSPS) is 19.1. The number of benzene rings is 1. The molecule has 0 saturated carbocycles. The molecule has 9 heteroatoms. The summed E-state index contributed by atoms with van der Waals surface area (Å²) in [6.07, 6.45) is 0.206. The number of esters is 1. The number of rotatable bonds is 4. The number of hydrogen-bond acceptors (Lipinski definition) is 5. The fourth-order valence-electron chi connectivity index (χ4n) is 2.23. The van der Waals surface area contributed by atoms with Crippen LogP contribution in [-0.2, 0) is 19.6 Å². The fraction of sp³-hybridized carbons (Fsp3) is 0.385. The maximum absolute atomic E-state index is 13.8. The molecule has 1 aliphatic heterocycles. The molecule has 2 rings (SSSR count). The van der Waals surface area contributed by atoms with Crippen LogP contribution in [0.25, 0.3) is 0 Å². The number of sulfonamides is 1. The van der Waals surface area contributed by atoms with Gasteiger partial charge in [-0.2, -0.15) is 4.31 Å². The van der Waals surface area contributed by atoms with Crippen LogP contribution in [0.2, 0.25) is 0 Å². The van der Waals surface area contributed by atoms with Crippen molar-refractivity contribution >= 4 is 22.0 Å². The Kier molecular flexibility index (Phi) is 4.47. The summed E-state index contributed by atoms with van der Waals surface area (Å²) < 4.78 is 43.9. The van der Waals surface area contributed by atoms with Crippen molar-refractivity contribution in [2.75, 3.05) is 20.2 Å². The number of carbonyl (C=O) groups is 2. The predicted molar refractivity (Wildman–Crippen MR) is 72.2 cm³/mol. The minimum absolute atomic E-state index is 0.0552. The zero-order chi connectivity index (χ0) is 16.5. The highest BCUT2D eigenvalue weighted by molar-refractivity contribution is 7.89. The number of carbonyl (C=O) groups excluding carboxylic acids is 1. The van der Waals surface area contributed by atoms with Gasteiger partial charge in [0.15, 0.2) is 0 Å². The third kappa shape index (κ3) is 2.95. The number of methoxy groups -OCH3 is 1. The average Bonchev–Trinajstić information content (AvgIpc) is 2.97. The molecule has 1 saturated heterocycles. The third-order valence-electron chi connectivity index (χ3n) is 3.48. The van der Waals surface area contributed by atoms with Gasteiger partial charge >= 0.3 is 11.9 Å². The van der Waals surface area contributed by atoms with Crippen LogP contribution in [0.5, 0.6) is 0 Å². The van der Waals surface area contributed by atoms with Crippen molar-refractivity contribution in [2.45, 2.75) is 11.3 Å². The SMILES string of the molecule is COC(=O)c1ccc(S(=O)(=O)N2CCC(C(=O)O)C2)cc1F. The lowest BCUT2D eigenvalue weighted by Gasteiger charge is -2.16. The Morgan fingerprint density at radius 1 is 1.41 bits per heavy atom. The van der Waals surface area contributed by atoms with Crippen LogP contribution in [0.1, 0.15) is 16.8 Å². The Labute approximate surface area is 126 Å². The molecule has 1 unspecified atom stereocenters. The van der Waals surface area contributed by atoms with Gasteiger partial charge in [0.2, 0.25) is 10.0 Å². The Hall–Kier alpha value is -2.00. The molecule has 1 fully saturated rings. The van der Waals surface area contributed by atoms with Crippen molar-refractivity contribution < 1.29 is 32.2 Å². The van der Waals surface area contributed by atoms with Crippen LogP contribution in [0.15, 0.2) is 23.1 Å². The molecule has 22 heavy (non-hydrogen) atoms. The van der Waals surface area contributed by atoms with Crippen molar-refractivity contribution in [2.24, 2.45) is 5.92 Å². The maximum atomic E-state index is 13.8. The summed E-state index contributed by atoms with van der Waals surface area (Å²) in [5.74, 6) is -3.76. The zero-order valence-corrected chi connectivity index (χ0v) is 12.5. The first kappa shape index (κ1) is 16.4. The molecule has 1 aromatic rings. The summed E-state index contributed by atoms with van der Waals surface area (Å²) in [6.45, 7) is -0.0995. The summed E-state index contributed by atoms with van der Waals surface area (Å²) in [5, 5.41) is 8.90. The summed E-state index contributed by atoms with van der Waals surface area (Å²) in [4.78, 5) is 21.8. The second kappa shape index (κ2) is 6.01. The van der Waals surface area contributed by atoms with Crippen LogP contribution in [0, 0.1) is 11.7 Å². The highest BCUT2D eigenvalue weighted by atomic mass is 32.2. The summed E-state index contributed by atoms with van der Waals surface area (Å²) in [6, 6.07) is 2.85. The van der Waals surface area contributed by atoms with E-state index >= 15 is 0 Å². The molecule has 0 radical (unpaired) electrons. The van der Waals surface area contributed by atoms with E-state index in [1.807, 2.05) is 0 Å². The lowest BCUT2D eigenvalue weighted by Crippen LogP contribution is -2.30. The van der Waals surface area contributed by atoms with Gasteiger partial charge in [-0.3, -0.25) is 4.79 Å². The molecule has 1 atom stereocenters. The highest BCUT2D eigenvalue weighted by Gasteiger charge is 2.36. The quantitative estimate of drug-likeness (QED) is 0.815. The topological polar surface area (TPSA) is 101 Å². The minimum Gasteiger partial charge on any atom is -0.481 e. The second-order valence-electron chi connectivity index (χ2n) is 4.82. The first-order valence-corrected chi connectivity index (χ1v) is 7.82. The van der Waals surface area contributed by atoms with Crippen molar-refractivity contribution in [1.29, 1.82) is 0 Å². The van der Waals surface area contributed by atoms with Gasteiger partial charge < -0.3 is 9.84 Å². The molecule has 120 valence electrons. The monoisotopic (exact) mass is 331 g/mol. The van der Waals surface area contributed by atoms with Crippen LogP contribution < -0.4 is 0 Å². The zero-order valence-electron chi connectivity index (χ0n) is 11.7. The Morgan fingerprint density at radius 3 is 2.59 bits per heavy atom. The van der Waals surface area contributed by atoms with Crippen molar-refractivity contribution in [3.8, 4) is 0 Å². The Bertz CT molecular complexity index is 717. The lowest BCUT2D eigenvalue weighted by molar-refractivity contribution is -0.141. The number of halogens is 1. The van der Waals surface area contributed by atoms with E-state index in [2.05, 4.69) is 4.74 Å². The molecule has 0 spiro atoms. The van der Waals surface area contributed by atoms with E-state index in [9.17, 15) is 22.4 Å². The first-order chi connectivity index (χ1) is 10.3. The van der Waals surface area contributed by atoms with Gasteiger partial charge in [0, 0.05) is 13.1 Å². The summed E-state index contributed by atoms with van der Waals surface area (Å²) >= 11 is 0.